The largest absolute Gasteiger partial charge is 0.480 e. The van der Waals surface area contributed by atoms with Gasteiger partial charge >= 0.3 is 5.97 Å². The highest BCUT2D eigenvalue weighted by atomic mass is 32.2. The van der Waals surface area contributed by atoms with E-state index in [1.165, 1.54) is 18.7 Å². The Kier molecular flexibility index (Phi) is 10.3. The van der Waals surface area contributed by atoms with Crippen LogP contribution in [0.3, 0.4) is 0 Å². The number of aromatic nitrogens is 2. The zero-order valence-corrected chi connectivity index (χ0v) is 24.3. The van der Waals surface area contributed by atoms with Crippen molar-refractivity contribution in [1.29, 1.82) is 0 Å². The molecule has 4 unspecified atom stereocenters. The number of carbonyl (C=O) groups is 4. The Morgan fingerprint density at radius 3 is 1.69 bits per heavy atom. The maximum atomic E-state index is 13.8. The third-order valence-corrected chi connectivity index (χ3v) is 7.75. The van der Waals surface area contributed by atoms with E-state index in [-0.39, 0.29) is 19.3 Å². The van der Waals surface area contributed by atoms with Crippen molar-refractivity contribution in [1.82, 2.24) is 25.9 Å². The predicted molar refractivity (Wildman–Crippen MR) is 164 cm³/mol. The molecule has 0 radical (unpaired) electrons. The molecule has 0 aliphatic carbocycles. The van der Waals surface area contributed by atoms with E-state index in [2.05, 4.69) is 25.9 Å². The topological polar surface area (TPSA) is 182 Å². The van der Waals surface area contributed by atoms with Crippen molar-refractivity contribution in [2.75, 3.05) is 12.0 Å². The van der Waals surface area contributed by atoms with Gasteiger partial charge in [-0.15, -0.1) is 0 Å². The van der Waals surface area contributed by atoms with Crippen molar-refractivity contribution in [3.05, 3.63) is 72.1 Å². The molecule has 4 rings (SSSR count). The van der Waals surface area contributed by atoms with Crippen LogP contribution in [0.5, 0.6) is 0 Å². The fourth-order valence-corrected chi connectivity index (χ4v) is 5.27. The lowest BCUT2D eigenvalue weighted by molar-refractivity contribution is -0.142. The number of hydrogen-bond donors (Lipinski definition) is 7. The third kappa shape index (κ3) is 7.51. The predicted octanol–water partition coefficient (Wildman–Crippen LogP) is 2.07. The van der Waals surface area contributed by atoms with E-state index in [0.29, 0.717) is 5.75 Å². The average molecular weight is 593 g/mol. The molecule has 12 heteroatoms. The Hall–Kier alpha value is -4.29. The van der Waals surface area contributed by atoms with Gasteiger partial charge < -0.3 is 36.8 Å². The minimum absolute atomic E-state index is 0.0947. The maximum Gasteiger partial charge on any atom is 0.326 e. The van der Waals surface area contributed by atoms with Crippen LogP contribution in [0.15, 0.2) is 60.9 Å². The Morgan fingerprint density at radius 1 is 0.786 bits per heavy atom. The van der Waals surface area contributed by atoms with Gasteiger partial charge in [-0.05, 0) is 48.6 Å². The first-order valence-electron chi connectivity index (χ1n) is 13.7. The molecule has 2 heterocycles. The first kappa shape index (κ1) is 30.7. The standard InChI is InChI=1S/C30H36N6O5S/c1-17(31)27(37)35-25(13-18-15-32-22-9-5-3-7-20(18)22)29(39)36-26(28(38)34-24(30(40)41)11-12-42-2)14-19-16-33-23-10-6-4-8-21(19)23/h3-10,15-17,24-26,32-33H,11-14,31H2,1-2H3,(H,34,38)(H,35,37)(H,36,39)(H,40,41). The van der Waals surface area contributed by atoms with Gasteiger partial charge in [-0.1, -0.05) is 36.4 Å². The van der Waals surface area contributed by atoms with Crippen LogP contribution in [0.4, 0.5) is 0 Å². The van der Waals surface area contributed by atoms with Crippen LogP contribution in [-0.4, -0.2) is 74.9 Å². The molecule has 0 aliphatic heterocycles. The second-order valence-electron chi connectivity index (χ2n) is 10.2. The van der Waals surface area contributed by atoms with Crippen LogP contribution < -0.4 is 21.7 Å². The lowest BCUT2D eigenvalue weighted by atomic mass is 10.0. The normalized spacial score (nSPS) is 14.2. The SMILES string of the molecule is CSCCC(NC(=O)C(Cc1c[nH]c2ccccc12)NC(=O)C(Cc1c[nH]c2ccccc12)NC(=O)C(C)N)C(=O)O. The highest BCUT2D eigenvalue weighted by molar-refractivity contribution is 7.98. The number of carbonyl (C=O) groups excluding carboxylic acids is 3. The van der Waals surface area contributed by atoms with Crippen molar-refractivity contribution in [3.8, 4) is 0 Å². The Bertz CT molecular complexity index is 1560. The van der Waals surface area contributed by atoms with Gasteiger partial charge in [0.15, 0.2) is 0 Å². The number of aliphatic carboxylic acids is 1. The zero-order chi connectivity index (χ0) is 30.2. The first-order chi connectivity index (χ1) is 20.2. The summed E-state index contributed by atoms with van der Waals surface area (Å²) in [4.78, 5) is 58.2. The van der Waals surface area contributed by atoms with Crippen LogP contribution >= 0.6 is 11.8 Å². The number of para-hydroxylation sites is 2. The number of carboxylic acids is 1. The van der Waals surface area contributed by atoms with Crippen LogP contribution in [0.1, 0.15) is 24.5 Å². The summed E-state index contributed by atoms with van der Waals surface area (Å²) in [5, 5.41) is 19.6. The van der Waals surface area contributed by atoms with Crippen LogP contribution in [0.25, 0.3) is 21.8 Å². The fourth-order valence-electron chi connectivity index (χ4n) is 4.80. The molecule has 8 N–H and O–H groups in total. The lowest BCUT2D eigenvalue weighted by Gasteiger charge is -2.25. The van der Waals surface area contributed by atoms with Gasteiger partial charge in [-0.2, -0.15) is 11.8 Å². The third-order valence-electron chi connectivity index (χ3n) is 7.10. The summed E-state index contributed by atoms with van der Waals surface area (Å²) in [5.41, 5.74) is 9.11. The van der Waals surface area contributed by atoms with E-state index < -0.39 is 47.9 Å². The summed E-state index contributed by atoms with van der Waals surface area (Å²) in [6, 6.07) is 11.0. The quantitative estimate of drug-likeness (QED) is 0.117. The van der Waals surface area contributed by atoms with Gasteiger partial charge in [0.25, 0.3) is 0 Å². The number of H-pyrrole nitrogens is 2. The summed E-state index contributed by atoms with van der Waals surface area (Å²) in [7, 11) is 0. The number of thioether (sulfide) groups is 1. The monoisotopic (exact) mass is 592 g/mol. The maximum absolute atomic E-state index is 13.8. The number of hydrogen-bond acceptors (Lipinski definition) is 6. The van der Waals surface area contributed by atoms with Gasteiger partial charge in [0, 0.05) is 47.0 Å². The number of fused-ring (bicyclic) bond motifs is 2. The molecule has 0 fully saturated rings. The number of carboxylic acid groups (broad SMARTS) is 1. The van der Waals surface area contributed by atoms with Gasteiger partial charge in [-0.3, -0.25) is 14.4 Å². The van der Waals surface area contributed by atoms with Crippen LogP contribution in [0.2, 0.25) is 0 Å². The highest BCUT2D eigenvalue weighted by Crippen LogP contribution is 2.21. The molecular weight excluding hydrogens is 556 g/mol. The molecule has 11 nitrogen and oxygen atoms in total. The van der Waals surface area contributed by atoms with Gasteiger partial charge in [0.2, 0.25) is 17.7 Å². The van der Waals surface area contributed by atoms with Crippen molar-refractivity contribution >= 4 is 57.3 Å². The van der Waals surface area contributed by atoms with E-state index in [9.17, 15) is 24.3 Å². The van der Waals surface area contributed by atoms with Gasteiger partial charge in [-0.25, -0.2) is 4.79 Å². The van der Waals surface area contributed by atoms with Gasteiger partial charge in [0.1, 0.15) is 18.1 Å². The number of nitrogens with two attached hydrogens (primary N) is 1. The Balaban J connectivity index is 1.62. The first-order valence-corrected chi connectivity index (χ1v) is 15.1. The zero-order valence-electron chi connectivity index (χ0n) is 23.5. The second-order valence-corrected chi connectivity index (χ2v) is 11.2. The molecule has 2 aromatic heterocycles. The molecule has 0 aliphatic rings. The Morgan fingerprint density at radius 2 is 1.24 bits per heavy atom. The average Bonchev–Trinajstić information content (AvgIpc) is 3.58. The second kappa shape index (κ2) is 14.1. The van der Waals surface area contributed by atoms with E-state index in [1.54, 1.807) is 12.4 Å². The van der Waals surface area contributed by atoms with Gasteiger partial charge in [0.05, 0.1) is 6.04 Å². The molecule has 0 saturated heterocycles. The van der Waals surface area contributed by atoms with Crippen molar-refractivity contribution in [2.45, 2.75) is 50.4 Å². The lowest BCUT2D eigenvalue weighted by Crippen LogP contribution is -2.58. The molecule has 0 saturated carbocycles. The molecular formula is C30H36N6O5S. The van der Waals surface area contributed by atoms with Crippen LogP contribution in [0, 0.1) is 0 Å². The van der Waals surface area contributed by atoms with E-state index in [0.717, 1.165) is 32.9 Å². The summed E-state index contributed by atoms with van der Waals surface area (Å²) in [6.45, 7) is 1.52. The number of aromatic amines is 2. The summed E-state index contributed by atoms with van der Waals surface area (Å²) < 4.78 is 0. The number of benzene rings is 2. The minimum atomic E-state index is -1.16. The molecule has 2 aromatic carbocycles. The smallest absolute Gasteiger partial charge is 0.326 e. The van der Waals surface area contributed by atoms with E-state index >= 15 is 0 Å². The van der Waals surface area contributed by atoms with Crippen LogP contribution in [-0.2, 0) is 32.0 Å². The number of rotatable bonds is 14. The highest BCUT2D eigenvalue weighted by Gasteiger charge is 2.31. The van der Waals surface area contributed by atoms with Crippen molar-refractivity contribution < 1.29 is 24.3 Å². The molecule has 0 spiro atoms. The molecule has 222 valence electrons. The minimum Gasteiger partial charge on any atom is -0.480 e. The Labute approximate surface area is 247 Å². The molecule has 4 atom stereocenters. The summed E-state index contributed by atoms with van der Waals surface area (Å²) in [6.07, 6.45) is 5.86. The number of nitrogens with one attached hydrogen (secondary N) is 5. The van der Waals surface area contributed by atoms with E-state index in [4.69, 9.17) is 5.73 Å². The fraction of sp³-hybridized carbons (Fsp3) is 0.333. The molecule has 42 heavy (non-hydrogen) atoms. The number of amides is 3. The van der Waals surface area contributed by atoms with Crippen molar-refractivity contribution in [3.63, 3.8) is 0 Å². The van der Waals surface area contributed by atoms with Crippen molar-refractivity contribution in [2.24, 2.45) is 5.73 Å². The molecule has 3 amide bonds. The van der Waals surface area contributed by atoms with E-state index in [1.807, 2.05) is 54.8 Å². The summed E-state index contributed by atoms with van der Waals surface area (Å²) >= 11 is 1.47. The summed E-state index contributed by atoms with van der Waals surface area (Å²) in [5.74, 6) is -2.37. The molecule has 0 bridgehead atoms. The molecule has 4 aromatic rings.